The number of amides is 2. The summed E-state index contributed by atoms with van der Waals surface area (Å²) in [5.41, 5.74) is 4.91. The number of halogens is 1. The minimum absolute atomic E-state index is 0.00605. The zero-order chi connectivity index (χ0) is 20.4. The van der Waals surface area contributed by atoms with Crippen LogP contribution >= 0.6 is 15.9 Å². The summed E-state index contributed by atoms with van der Waals surface area (Å²) < 4.78 is 33.5. The fourth-order valence-corrected chi connectivity index (χ4v) is 4.08. The zero-order valence-electron chi connectivity index (χ0n) is 15.1. The number of H-pyrrole nitrogens is 1. The molecule has 0 bridgehead atoms. The highest BCUT2D eigenvalue weighted by atomic mass is 79.9. The van der Waals surface area contributed by atoms with Crippen LogP contribution in [0.4, 0.5) is 4.79 Å². The van der Waals surface area contributed by atoms with Crippen molar-refractivity contribution in [2.75, 3.05) is 13.1 Å². The van der Waals surface area contributed by atoms with Crippen molar-refractivity contribution in [1.29, 1.82) is 0 Å². The molecule has 2 rings (SSSR count). The van der Waals surface area contributed by atoms with Crippen LogP contribution in [0, 0.1) is 0 Å². The Labute approximate surface area is 165 Å². The Bertz CT molecular complexity index is 979. The Morgan fingerprint density at radius 3 is 2.52 bits per heavy atom. The van der Waals surface area contributed by atoms with Crippen molar-refractivity contribution in [3.05, 3.63) is 28.4 Å². The van der Waals surface area contributed by atoms with Crippen LogP contribution in [0.3, 0.4) is 0 Å². The maximum Gasteiger partial charge on any atom is 0.407 e. The molecule has 9 nitrogen and oxygen atoms in total. The lowest BCUT2D eigenvalue weighted by Crippen LogP contribution is -2.38. The summed E-state index contributed by atoms with van der Waals surface area (Å²) in [6.07, 6.45) is -0.657. The van der Waals surface area contributed by atoms with Crippen molar-refractivity contribution >= 4 is 48.9 Å². The molecule has 1 aromatic heterocycles. The van der Waals surface area contributed by atoms with Crippen molar-refractivity contribution in [3.63, 3.8) is 0 Å². The largest absolute Gasteiger partial charge is 0.444 e. The molecular formula is C16H21BrN4O5S. The summed E-state index contributed by atoms with van der Waals surface area (Å²) in [4.78, 5) is 25.8. The van der Waals surface area contributed by atoms with Gasteiger partial charge in [0.2, 0.25) is 10.0 Å². The van der Waals surface area contributed by atoms with Crippen molar-refractivity contribution in [2.24, 2.45) is 5.73 Å². The minimum atomic E-state index is -4.06. The number of carbonyl (C=O) groups is 2. The Hall–Kier alpha value is -2.11. The molecule has 0 saturated heterocycles. The monoisotopic (exact) mass is 460 g/mol. The van der Waals surface area contributed by atoms with Gasteiger partial charge in [-0.15, -0.1) is 0 Å². The number of ether oxygens (including phenoxy) is 1. The number of sulfonamides is 1. The summed E-state index contributed by atoms with van der Waals surface area (Å²) in [7, 11) is -4.06. The molecule has 0 radical (unpaired) electrons. The van der Waals surface area contributed by atoms with Gasteiger partial charge in [-0.2, -0.15) is 0 Å². The highest BCUT2D eigenvalue weighted by Gasteiger charge is 2.27. The standard InChI is InChI=1S/C16H21BrN4O5S/c1-16(2,3)26-15(23)19-6-7-20-27(24,25)13-10-8-9(17)4-5-11(10)21-12(13)14(18)22/h4-5,8,20-21H,6-7H2,1-3H3,(H2,18,22)(H,19,23). The van der Waals surface area contributed by atoms with Gasteiger partial charge in [-0.25, -0.2) is 17.9 Å². The highest BCUT2D eigenvalue weighted by Crippen LogP contribution is 2.29. The van der Waals surface area contributed by atoms with Crippen LogP contribution in [0.5, 0.6) is 0 Å². The second-order valence-corrected chi connectivity index (χ2v) is 9.33. The highest BCUT2D eigenvalue weighted by molar-refractivity contribution is 9.10. The topological polar surface area (TPSA) is 143 Å². The number of rotatable bonds is 6. The number of hydrogen-bond donors (Lipinski definition) is 4. The number of nitrogens with one attached hydrogen (secondary N) is 3. The first-order chi connectivity index (χ1) is 12.4. The Morgan fingerprint density at radius 1 is 1.26 bits per heavy atom. The van der Waals surface area contributed by atoms with E-state index in [2.05, 4.69) is 31.0 Å². The van der Waals surface area contributed by atoms with E-state index in [1.165, 1.54) is 0 Å². The molecule has 0 aliphatic carbocycles. The molecule has 0 atom stereocenters. The van der Waals surface area contributed by atoms with Crippen LogP contribution in [-0.2, 0) is 14.8 Å². The van der Waals surface area contributed by atoms with Gasteiger partial charge < -0.3 is 20.8 Å². The van der Waals surface area contributed by atoms with Crippen LogP contribution in [0.1, 0.15) is 31.3 Å². The van der Waals surface area contributed by atoms with Gasteiger partial charge >= 0.3 is 6.09 Å². The minimum Gasteiger partial charge on any atom is -0.444 e. The number of primary amides is 1. The normalized spacial score (nSPS) is 12.1. The summed E-state index contributed by atoms with van der Waals surface area (Å²) in [6.45, 7) is 5.06. The third-order valence-electron chi connectivity index (χ3n) is 3.31. The van der Waals surface area contributed by atoms with Crippen molar-refractivity contribution in [1.82, 2.24) is 15.0 Å². The second kappa shape index (κ2) is 7.87. The Morgan fingerprint density at radius 2 is 1.93 bits per heavy atom. The predicted molar refractivity (Wildman–Crippen MR) is 104 cm³/mol. The van der Waals surface area contributed by atoms with Crippen LogP contribution < -0.4 is 15.8 Å². The van der Waals surface area contributed by atoms with Gasteiger partial charge in [0.05, 0.1) is 0 Å². The zero-order valence-corrected chi connectivity index (χ0v) is 17.5. The number of carbonyl (C=O) groups excluding carboxylic acids is 2. The number of alkyl carbamates (subject to hydrolysis) is 1. The molecule has 0 spiro atoms. The van der Waals surface area contributed by atoms with E-state index in [1.54, 1.807) is 39.0 Å². The fraction of sp³-hybridized carbons (Fsp3) is 0.375. The van der Waals surface area contributed by atoms with Gasteiger partial charge in [0.15, 0.2) is 0 Å². The maximum absolute atomic E-state index is 12.7. The van der Waals surface area contributed by atoms with Crippen molar-refractivity contribution in [3.8, 4) is 0 Å². The van der Waals surface area contributed by atoms with Crippen LogP contribution in [0.15, 0.2) is 27.6 Å². The smallest absolute Gasteiger partial charge is 0.407 e. The molecule has 0 saturated carbocycles. The van der Waals surface area contributed by atoms with E-state index in [-0.39, 0.29) is 23.7 Å². The third kappa shape index (κ3) is 5.44. The Balaban J connectivity index is 2.17. The number of fused-ring (bicyclic) bond motifs is 1. The summed E-state index contributed by atoms with van der Waals surface area (Å²) in [5.74, 6) is -0.894. The van der Waals surface area contributed by atoms with Crippen LogP contribution in [-0.4, -0.2) is 44.1 Å². The van der Waals surface area contributed by atoms with E-state index in [1.807, 2.05) is 0 Å². The molecule has 27 heavy (non-hydrogen) atoms. The first kappa shape index (κ1) is 21.2. The van der Waals surface area contributed by atoms with E-state index in [4.69, 9.17) is 10.5 Å². The molecule has 5 N–H and O–H groups in total. The number of aromatic nitrogens is 1. The van der Waals surface area contributed by atoms with Crippen LogP contribution in [0.25, 0.3) is 10.9 Å². The number of benzene rings is 1. The summed E-state index contributed by atoms with van der Waals surface area (Å²) >= 11 is 3.28. The fourth-order valence-electron chi connectivity index (χ4n) is 2.33. The molecule has 0 aliphatic rings. The van der Waals surface area contributed by atoms with Gasteiger partial charge in [0.1, 0.15) is 16.2 Å². The van der Waals surface area contributed by atoms with Gasteiger partial charge in [-0.3, -0.25) is 4.79 Å². The number of hydrogen-bond acceptors (Lipinski definition) is 5. The Kier molecular flexibility index (Phi) is 6.17. The summed E-state index contributed by atoms with van der Waals surface area (Å²) in [6, 6.07) is 4.92. The molecular weight excluding hydrogens is 440 g/mol. The predicted octanol–water partition coefficient (Wildman–Crippen LogP) is 1.83. The van der Waals surface area contributed by atoms with Gasteiger partial charge in [-0.1, -0.05) is 15.9 Å². The van der Waals surface area contributed by atoms with Crippen LogP contribution in [0.2, 0.25) is 0 Å². The van der Waals surface area contributed by atoms with Gasteiger partial charge in [0.25, 0.3) is 5.91 Å². The van der Waals surface area contributed by atoms with E-state index in [9.17, 15) is 18.0 Å². The molecule has 11 heteroatoms. The molecule has 0 fully saturated rings. The average Bonchev–Trinajstić information content (AvgIpc) is 2.89. The third-order valence-corrected chi connectivity index (χ3v) is 5.35. The lowest BCUT2D eigenvalue weighted by molar-refractivity contribution is 0.0528. The molecule has 0 unspecified atom stereocenters. The quantitative estimate of drug-likeness (QED) is 0.486. The molecule has 0 aliphatic heterocycles. The second-order valence-electron chi connectivity index (χ2n) is 6.71. The molecule has 1 aromatic carbocycles. The maximum atomic E-state index is 12.7. The average molecular weight is 461 g/mol. The van der Waals surface area contributed by atoms with E-state index >= 15 is 0 Å². The lowest BCUT2D eigenvalue weighted by Gasteiger charge is -2.19. The van der Waals surface area contributed by atoms with E-state index in [0.29, 0.717) is 15.4 Å². The SMILES string of the molecule is CC(C)(C)OC(=O)NCCNS(=O)(=O)c1c(C(N)=O)[nH]c2ccc(Br)cc12. The van der Waals surface area contributed by atoms with Gasteiger partial charge in [0, 0.05) is 28.5 Å². The molecule has 148 valence electrons. The van der Waals surface area contributed by atoms with Crippen molar-refractivity contribution in [2.45, 2.75) is 31.3 Å². The first-order valence-electron chi connectivity index (χ1n) is 7.98. The molecule has 2 amide bonds. The number of nitrogens with two attached hydrogens (primary N) is 1. The summed E-state index contributed by atoms with van der Waals surface area (Å²) in [5, 5.41) is 2.77. The van der Waals surface area contributed by atoms with Crippen molar-refractivity contribution < 1.29 is 22.7 Å². The molecule has 1 heterocycles. The first-order valence-corrected chi connectivity index (χ1v) is 10.3. The van der Waals surface area contributed by atoms with Gasteiger partial charge in [-0.05, 0) is 39.0 Å². The lowest BCUT2D eigenvalue weighted by atomic mass is 10.2. The van der Waals surface area contributed by atoms with E-state index in [0.717, 1.165) is 0 Å². The molecule has 2 aromatic rings. The number of aromatic amines is 1. The van der Waals surface area contributed by atoms with E-state index < -0.39 is 27.6 Å².